The highest BCUT2D eigenvalue weighted by molar-refractivity contribution is 5.95. The third kappa shape index (κ3) is 3.80. The largest absolute Gasteiger partial charge is 0.497 e. The number of benzene rings is 1. The first kappa shape index (κ1) is 16.4. The van der Waals surface area contributed by atoms with Crippen LogP contribution in [0, 0.1) is 0 Å². The third-order valence-electron chi connectivity index (χ3n) is 3.99. The highest BCUT2D eigenvalue weighted by atomic mass is 16.5. The molecule has 0 aromatic heterocycles. The first-order valence-electron chi connectivity index (χ1n) is 7.43. The molecule has 1 aromatic carbocycles. The zero-order chi connectivity index (χ0) is 16.1. The molecule has 0 saturated carbocycles. The average Bonchev–Trinajstić information content (AvgIpc) is 2.54. The highest BCUT2D eigenvalue weighted by Crippen LogP contribution is 2.30. The van der Waals surface area contributed by atoms with Gasteiger partial charge < -0.3 is 19.3 Å². The second kappa shape index (κ2) is 7.31. The van der Waals surface area contributed by atoms with Crippen LogP contribution in [0.5, 0.6) is 11.5 Å². The number of allylic oxidation sites excluding steroid dienone is 1. The summed E-state index contributed by atoms with van der Waals surface area (Å²) in [7, 11) is 5.31. The van der Waals surface area contributed by atoms with Crippen molar-refractivity contribution >= 4 is 11.5 Å². The lowest BCUT2D eigenvalue weighted by Gasteiger charge is -2.31. The number of hydrogen-bond acceptors (Lipinski definition) is 4. The van der Waals surface area contributed by atoms with Crippen molar-refractivity contribution in [3.05, 3.63) is 29.8 Å². The van der Waals surface area contributed by atoms with Crippen molar-refractivity contribution in [2.45, 2.75) is 6.92 Å². The molecule has 0 bridgehead atoms. The molecule has 120 valence electrons. The number of methoxy groups -OCH3 is 2. The molecule has 1 aliphatic rings. The van der Waals surface area contributed by atoms with E-state index in [-0.39, 0.29) is 5.91 Å². The number of carbonyl (C=O) groups excluding carboxylic acids is 1. The summed E-state index contributed by atoms with van der Waals surface area (Å²) in [5, 5.41) is 0. The lowest BCUT2D eigenvalue weighted by Crippen LogP contribution is -2.46. The number of carbonyl (C=O) groups is 1. The lowest BCUT2D eigenvalue weighted by atomic mass is 10.1. The minimum atomic E-state index is 0.0588. The Labute approximate surface area is 132 Å². The smallest absolute Gasteiger partial charge is 0.246 e. The first-order valence-corrected chi connectivity index (χ1v) is 7.43. The Morgan fingerprint density at radius 3 is 2.41 bits per heavy atom. The highest BCUT2D eigenvalue weighted by Gasteiger charge is 2.18. The molecule has 0 spiro atoms. The molecule has 1 heterocycles. The maximum Gasteiger partial charge on any atom is 0.246 e. The summed E-state index contributed by atoms with van der Waals surface area (Å²) < 4.78 is 10.6. The number of amides is 1. The van der Waals surface area contributed by atoms with Gasteiger partial charge in [0, 0.05) is 43.9 Å². The van der Waals surface area contributed by atoms with E-state index in [9.17, 15) is 4.79 Å². The van der Waals surface area contributed by atoms with Crippen LogP contribution in [0.25, 0.3) is 5.57 Å². The summed E-state index contributed by atoms with van der Waals surface area (Å²) >= 11 is 0. The van der Waals surface area contributed by atoms with Crippen LogP contribution in [0.1, 0.15) is 12.5 Å². The second-order valence-corrected chi connectivity index (χ2v) is 5.52. The molecule has 5 heteroatoms. The van der Waals surface area contributed by atoms with Crippen LogP contribution in [0.2, 0.25) is 0 Å². The molecule has 0 N–H and O–H groups in total. The van der Waals surface area contributed by atoms with Crippen molar-refractivity contribution in [3.63, 3.8) is 0 Å². The van der Waals surface area contributed by atoms with Crippen LogP contribution in [-0.4, -0.2) is 63.2 Å². The maximum atomic E-state index is 12.4. The van der Waals surface area contributed by atoms with E-state index in [1.807, 2.05) is 30.0 Å². The van der Waals surface area contributed by atoms with Crippen LogP contribution < -0.4 is 9.47 Å². The van der Waals surface area contributed by atoms with E-state index in [1.165, 1.54) is 0 Å². The number of piperazine rings is 1. The Morgan fingerprint density at radius 1 is 1.14 bits per heavy atom. The molecule has 1 fully saturated rings. The fraction of sp³-hybridized carbons (Fsp3) is 0.471. The van der Waals surface area contributed by atoms with Gasteiger partial charge in [0.25, 0.3) is 0 Å². The quantitative estimate of drug-likeness (QED) is 0.797. The van der Waals surface area contributed by atoms with Crippen LogP contribution in [-0.2, 0) is 4.79 Å². The van der Waals surface area contributed by atoms with Gasteiger partial charge in [0.05, 0.1) is 14.2 Å². The van der Waals surface area contributed by atoms with E-state index in [0.717, 1.165) is 43.1 Å². The second-order valence-electron chi connectivity index (χ2n) is 5.52. The summed E-state index contributed by atoms with van der Waals surface area (Å²) in [6, 6.07) is 5.61. The zero-order valence-electron chi connectivity index (χ0n) is 13.8. The molecule has 22 heavy (non-hydrogen) atoms. The van der Waals surface area contributed by atoms with E-state index in [4.69, 9.17) is 9.47 Å². The van der Waals surface area contributed by atoms with Crippen molar-refractivity contribution < 1.29 is 14.3 Å². The monoisotopic (exact) mass is 304 g/mol. The molecule has 1 saturated heterocycles. The maximum absolute atomic E-state index is 12.4. The lowest BCUT2D eigenvalue weighted by molar-refractivity contribution is -0.127. The summed E-state index contributed by atoms with van der Waals surface area (Å²) in [6.07, 6.45) is 1.69. The molecular formula is C17H24N2O3. The fourth-order valence-corrected chi connectivity index (χ4v) is 2.51. The Hall–Kier alpha value is -2.01. The van der Waals surface area contributed by atoms with Gasteiger partial charge in [-0.1, -0.05) is 0 Å². The number of hydrogen-bond donors (Lipinski definition) is 0. The van der Waals surface area contributed by atoms with Crippen molar-refractivity contribution in [1.82, 2.24) is 9.80 Å². The Bertz CT molecular complexity index is 561. The van der Waals surface area contributed by atoms with Crippen LogP contribution in [0.4, 0.5) is 0 Å². The molecule has 0 radical (unpaired) electrons. The summed E-state index contributed by atoms with van der Waals surface area (Å²) in [5.74, 6) is 1.50. The minimum Gasteiger partial charge on any atom is -0.497 e. The first-order chi connectivity index (χ1) is 10.5. The number of ether oxygens (including phenoxy) is 2. The van der Waals surface area contributed by atoms with Gasteiger partial charge in [0.2, 0.25) is 5.91 Å². The van der Waals surface area contributed by atoms with Crippen molar-refractivity contribution in [1.29, 1.82) is 0 Å². The molecule has 1 aliphatic heterocycles. The van der Waals surface area contributed by atoms with Gasteiger partial charge in [0.15, 0.2) is 0 Å². The summed E-state index contributed by atoms with van der Waals surface area (Å²) in [6.45, 7) is 5.32. The molecule has 0 aliphatic carbocycles. The van der Waals surface area contributed by atoms with Gasteiger partial charge in [-0.15, -0.1) is 0 Å². The number of nitrogens with zero attached hydrogens (tertiary/aromatic N) is 2. The van der Waals surface area contributed by atoms with Gasteiger partial charge in [-0.05, 0) is 31.7 Å². The zero-order valence-corrected chi connectivity index (χ0v) is 13.8. The molecule has 0 unspecified atom stereocenters. The van der Waals surface area contributed by atoms with Gasteiger partial charge in [-0.3, -0.25) is 4.79 Å². The Balaban J connectivity index is 2.16. The number of likely N-dealkylation sites (N-methyl/N-ethyl adjacent to an activating group) is 1. The van der Waals surface area contributed by atoms with Crippen molar-refractivity contribution in [2.24, 2.45) is 0 Å². The third-order valence-corrected chi connectivity index (χ3v) is 3.99. The number of rotatable bonds is 4. The summed E-state index contributed by atoms with van der Waals surface area (Å²) in [4.78, 5) is 16.5. The SMILES string of the molecule is COc1ccc(/C(C)=C/C(=O)N2CCN(C)CC2)c(OC)c1. The van der Waals surface area contributed by atoms with Gasteiger partial charge >= 0.3 is 0 Å². The van der Waals surface area contributed by atoms with Gasteiger partial charge in [-0.25, -0.2) is 0 Å². The van der Waals surface area contributed by atoms with E-state index >= 15 is 0 Å². The van der Waals surface area contributed by atoms with Gasteiger partial charge in [0.1, 0.15) is 11.5 Å². The molecule has 0 atom stereocenters. The fourth-order valence-electron chi connectivity index (χ4n) is 2.51. The van der Waals surface area contributed by atoms with Gasteiger partial charge in [-0.2, -0.15) is 0 Å². The molecular weight excluding hydrogens is 280 g/mol. The molecule has 1 aromatic rings. The van der Waals surface area contributed by atoms with E-state index < -0.39 is 0 Å². The summed E-state index contributed by atoms with van der Waals surface area (Å²) in [5.41, 5.74) is 1.80. The molecule has 1 amide bonds. The predicted octanol–water partition coefficient (Wildman–Crippen LogP) is 1.88. The minimum absolute atomic E-state index is 0.0588. The van der Waals surface area contributed by atoms with E-state index in [0.29, 0.717) is 5.75 Å². The predicted molar refractivity (Wildman–Crippen MR) is 87.3 cm³/mol. The topological polar surface area (TPSA) is 42.0 Å². The Kier molecular flexibility index (Phi) is 5.44. The van der Waals surface area contributed by atoms with Crippen LogP contribution in [0.3, 0.4) is 0 Å². The van der Waals surface area contributed by atoms with Crippen LogP contribution >= 0.6 is 0 Å². The van der Waals surface area contributed by atoms with Crippen molar-refractivity contribution in [2.75, 3.05) is 47.4 Å². The van der Waals surface area contributed by atoms with Crippen LogP contribution in [0.15, 0.2) is 24.3 Å². The standard InChI is InChI=1S/C17H24N2O3/c1-13(11-17(20)19-9-7-18(2)8-10-19)15-6-5-14(21-3)12-16(15)22-4/h5-6,11-12H,7-10H2,1-4H3/b13-11+. The molecule has 2 rings (SSSR count). The Morgan fingerprint density at radius 2 is 1.82 bits per heavy atom. The normalized spacial score (nSPS) is 16.5. The average molecular weight is 304 g/mol. The van der Waals surface area contributed by atoms with Crippen molar-refractivity contribution in [3.8, 4) is 11.5 Å². The van der Waals surface area contributed by atoms with E-state index in [1.54, 1.807) is 20.3 Å². The molecule has 5 nitrogen and oxygen atoms in total. The van der Waals surface area contributed by atoms with E-state index in [2.05, 4.69) is 11.9 Å².